The predicted octanol–water partition coefficient (Wildman–Crippen LogP) is 7.97. The van der Waals surface area contributed by atoms with E-state index < -0.39 is 60.4 Å². The van der Waals surface area contributed by atoms with Gasteiger partial charge in [0.2, 0.25) is 0 Å². The van der Waals surface area contributed by atoms with Crippen molar-refractivity contribution in [2.75, 3.05) is 0 Å². The maximum absolute atomic E-state index is 8.60. The minimum atomic E-state index is -0.599. The lowest BCUT2D eigenvalue weighted by atomic mass is 10.1. The lowest BCUT2D eigenvalue weighted by molar-refractivity contribution is 1.06. The van der Waals surface area contributed by atoms with Crippen LogP contribution in [0.15, 0.2) is 133 Å². The Hall–Kier alpha value is -5.09. The van der Waals surface area contributed by atoms with E-state index in [1.165, 1.54) is 0 Å². The van der Waals surface area contributed by atoms with E-state index in [1.807, 2.05) is 65.2 Å². The van der Waals surface area contributed by atoms with E-state index in [0.29, 0.717) is 11.3 Å². The van der Waals surface area contributed by atoms with Gasteiger partial charge in [0.15, 0.2) is 17.5 Å². The molecule has 0 aliphatic rings. The van der Waals surface area contributed by atoms with Crippen LogP contribution < -0.4 is 0 Å². The van der Waals surface area contributed by atoms with Crippen LogP contribution in [0.1, 0.15) is 13.7 Å². The lowest BCUT2D eigenvalue weighted by Gasteiger charge is -2.14. The molecule has 0 aliphatic carbocycles. The standard InChI is InChI=1S/C33H22N4/c1-3-13-23(14-4-1)31-34-32(24-15-5-2-6-16-24)36-33(35-31)27-19-9-12-22-30(27)37-28-20-10-7-17-25(28)26-18-8-11-21-29(26)37/h1-22H/i1D,2D,3D,4D,5D,6D,13D,14D,15D,16D. The Labute approximate surface area is 228 Å². The minimum Gasteiger partial charge on any atom is -0.309 e. The highest BCUT2D eigenvalue weighted by molar-refractivity contribution is 6.09. The van der Waals surface area contributed by atoms with E-state index in [2.05, 4.69) is 15.0 Å². The number of fused-ring (bicyclic) bond motifs is 3. The first-order chi connectivity index (χ1) is 22.5. The fourth-order valence-electron chi connectivity index (χ4n) is 4.48. The van der Waals surface area contributed by atoms with Crippen LogP contribution in [0.4, 0.5) is 0 Å². The summed E-state index contributed by atoms with van der Waals surface area (Å²) < 4.78 is 85.5. The normalized spacial score (nSPS) is 15.0. The maximum atomic E-state index is 8.60. The Kier molecular flexibility index (Phi) is 3.18. The van der Waals surface area contributed by atoms with Crippen LogP contribution in [0, 0.1) is 0 Å². The summed E-state index contributed by atoms with van der Waals surface area (Å²) in [5.74, 6) is -0.627. The summed E-state index contributed by atoms with van der Waals surface area (Å²) in [6.45, 7) is 0. The molecule has 2 aromatic heterocycles. The average Bonchev–Trinajstić information content (AvgIpc) is 3.42. The molecule has 7 aromatic rings. The Bertz CT molecular complexity index is 2240. The Morgan fingerprint density at radius 2 is 0.946 bits per heavy atom. The molecule has 5 aromatic carbocycles. The molecule has 0 N–H and O–H groups in total. The fourth-order valence-corrected chi connectivity index (χ4v) is 4.48. The summed E-state index contributed by atoms with van der Waals surface area (Å²) in [4.78, 5) is 13.7. The molecule has 174 valence electrons. The second-order valence-corrected chi connectivity index (χ2v) is 8.19. The van der Waals surface area contributed by atoms with Crippen LogP contribution in [0.5, 0.6) is 0 Å². The monoisotopic (exact) mass is 484 g/mol. The molecule has 0 amide bonds. The summed E-state index contributed by atoms with van der Waals surface area (Å²) in [6.07, 6.45) is 0. The van der Waals surface area contributed by atoms with Gasteiger partial charge in [0.05, 0.1) is 30.4 Å². The first-order valence-corrected chi connectivity index (χ1v) is 11.5. The number of nitrogens with zero attached hydrogens (tertiary/aromatic N) is 4. The molecule has 4 heteroatoms. The molecule has 0 saturated heterocycles. The van der Waals surface area contributed by atoms with E-state index in [0.717, 1.165) is 21.8 Å². The molecule has 0 fully saturated rings. The summed E-state index contributed by atoms with van der Waals surface area (Å²) in [7, 11) is 0. The number of rotatable bonds is 4. The van der Waals surface area contributed by atoms with E-state index in [1.54, 1.807) is 12.1 Å². The molecule has 0 bridgehead atoms. The minimum absolute atomic E-state index is 0.00100. The predicted molar refractivity (Wildman–Crippen MR) is 150 cm³/mol. The molecule has 0 spiro atoms. The molecule has 4 nitrogen and oxygen atoms in total. The van der Waals surface area contributed by atoms with Gasteiger partial charge in [-0.3, -0.25) is 0 Å². The van der Waals surface area contributed by atoms with E-state index in [4.69, 9.17) is 13.7 Å². The van der Waals surface area contributed by atoms with Crippen LogP contribution in [0.3, 0.4) is 0 Å². The van der Waals surface area contributed by atoms with Crippen molar-refractivity contribution in [3.63, 3.8) is 0 Å². The molecule has 0 unspecified atom stereocenters. The number of benzene rings is 5. The van der Waals surface area contributed by atoms with Crippen molar-refractivity contribution in [2.45, 2.75) is 0 Å². The summed E-state index contributed by atoms with van der Waals surface area (Å²) in [5.41, 5.74) is 2.27. The Balaban J connectivity index is 1.60. The van der Waals surface area contributed by atoms with Gasteiger partial charge in [0.1, 0.15) is 0 Å². The zero-order chi connectivity index (χ0) is 33.3. The third-order valence-electron chi connectivity index (χ3n) is 6.05. The zero-order valence-electron chi connectivity index (χ0n) is 29.2. The summed E-state index contributed by atoms with van der Waals surface area (Å²) in [6, 6.07) is 17.2. The van der Waals surface area contributed by atoms with Crippen molar-refractivity contribution < 1.29 is 13.7 Å². The van der Waals surface area contributed by atoms with E-state index in [9.17, 15) is 0 Å². The SMILES string of the molecule is [2H]c1c([2H])c([2H])c(-c2nc(-c3ccccc3-n3c4ccccc4c4ccccc43)nc(-c3c([2H])c([2H])c([2H])c([2H])c3[2H])n2)c([2H])c1[2H]. The number of para-hydroxylation sites is 3. The summed E-state index contributed by atoms with van der Waals surface area (Å²) in [5, 5.41) is 2.02. The van der Waals surface area contributed by atoms with Crippen LogP contribution in [0.2, 0.25) is 0 Å². The molecule has 0 aliphatic heterocycles. The van der Waals surface area contributed by atoms with Gasteiger partial charge in [-0.2, -0.15) is 0 Å². The summed E-state index contributed by atoms with van der Waals surface area (Å²) >= 11 is 0. The third-order valence-corrected chi connectivity index (χ3v) is 6.05. The smallest absolute Gasteiger partial charge is 0.166 e. The van der Waals surface area contributed by atoms with Gasteiger partial charge < -0.3 is 4.57 Å². The van der Waals surface area contributed by atoms with Gasteiger partial charge in [-0.15, -0.1) is 0 Å². The maximum Gasteiger partial charge on any atom is 0.166 e. The molecule has 7 rings (SSSR count). The second kappa shape index (κ2) is 8.85. The average molecular weight is 485 g/mol. The van der Waals surface area contributed by atoms with Crippen molar-refractivity contribution in [1.82, 2.24) is 19.5 Å². The molecule has 2 heterocycles. The van der Waals surface area contributed by atoms with Crippen molar-refractivity contribution in [3.8, 4) is 39.9 Å². The lowest BCUT2D eigenvalue weighted by Crippen LogP contribution is -2.03. The molecule has 37 heavy (non-hydrogen) atoms. The molecular weight excluding hydrogens is 452 g/mol. The van der Waals surface area contributed by atoms with Gasteiger partial charge in [-0.1, -0.05) is 109 Å². The number of hydrogen-bond donors (Lipinski definition) is 0. The number of aromatic nitrogens is 4. The van der Waals surface area contributed by atoms with Gasteiger partial charge >= 0.3 is 0 Å². The van der Waals surface area contributed by atoms with E-state index in [-0.39, 0.29) is 28.6 Å². The molecule has 0 atom stereocenters. The highest BCUT2D eigenvalue weighted by Crippen LogP contribution is 2.35. The highest BCUT2D eigenvalue weighted by atomic mass is 15.0. The fraction of sp³-hybridized carbons (Fsp3) is 0. The van der Waals surface area contributed by atoms with Crippen molar-refractivity contribution in [3.05, 3.63) is 133 Å². The van der Waals surface area contributed by atoms with Crippen LogP contribution in [0.25, 0.3) is 61.7 Å². The quantitative estimate of drug-likeness (QED) is 0.254. The third kappa shape index (κ3) is 3.67. The van der Waals surface area contributed by atoms with Crippen molar-refractivity contribution >= 4 is 21.8 Å². The topological polar surface area (TPSA) is 43.6 Å². The zero-order valence-corrected chi connectivity index (χ0v) is 19.2. The van der Waals surface area contributed by atoms with Gasteiger partial charge in [-0.25, -0.2) is 15.0 Å². The van der Waals surface area contributed by atoms with Crippen molar-refractivity contribution in [2.24, 2.45) is 0 Å². The van der Waals surface area contributed by atoms with Crippen molar-refractivity contribution in [1.29, 1.82) is 0 Å². The van der Waals surface area contributed by atoms with Gasteiger partial charge in [0.25, 0.3) is 0 Å². The first kappa shape index (κ1) is 13.3. The van der Waals surface area contributed by atoms with Gasteiger partial charge in [-0.05, 0) is 24.3 Å². The van der Waals surface area contributed by atoms with E-state index >= 15 is 0 Å². The van der Waals surface area contributed by atoms with Gasteiger partial charge in [0, 0.05) is 27.5 Å². The van der Waals surface area contributed by atoms with Crippen LogP contribution >= 0.6 is 0 Å². The second-order valence-electron chi connectivity index (χ2n) is 8.19. The largest absolute Gasteiger partial charge is 0.309 e. The Morgan fingerprint density at radius 1 is 0.486 bits per heavy atom. The first-order valence-electron chi connectivity index (χ1n) is 16.5. The van der Waals surface area contributed by atoms with Crippen LogP contribution in [-0.4, -0.2) is 19.5 Å². The Morgan fingerprint density at radius 3 is 1.51 bits per heavy atom. The molecule has 0 saturated carbocycles. The molecular formula is C33H22N4. The van der Waals surface area contributed by atoms with Crippen LogP contribution in [-0.2, 0) is 0 Å². The highest BCUT2D eigenvalue weighted by Gasteiger charge is 2.18. The number of hydrogen-bond acceptors (Lipinski definition) is 3. The molecule has 0 radical (unpaired) electrons.